The van der Waals surface area contributed by atoms with Crippen molar-refractivity contribution in [2.45, 2.75) is 0 Å². The van der Waals surface area contributed by atoms with E-state index in [4.69, 9.17) is 15.1 Å². The molecular weight excluding hydrogens is 102 g/mol. The molecule has 0 aliphatic heterocycles. The fourth-order valence-corrected chi connectivity index (χ4v) is 0. The summed E-state index contributed by atoms with van der Waals surface area (Å²) in [5, 5.41) is 21.5. The summed E-state index contributed by atoms with van der Waals surface area (Å²) < 4.78 is 0. The van der Waals surface area contributed by atoms with Gasteiger partial charge in [0.05, 0.1) is 0 Å². The van der Waals surface area contributed by atoms with Crippen molar-refractivity contribution in [2.24, 2.45) is 0 Å². The molecule has 0 unspecified atom stereocenters. The molecule has 0 saturated carbocycles. The maximum absolute atomic E-state index is 7.17. The van der Waals surface area contributed by atoms with Gasteiger partial charge in [0.25, 0.3) is 0 Å². The van der Waals surface area contributed by atoms with Crippen LogP contribution in [0.25, 0.3) is 0 Å². The minimum atomic E-state index is -2.17. The minimum absolute atomic E-state index is 0. The summed E-state index contributed by atoms with van der Waals surface area (Å²) in [5.74, 6) is 0. The third-order valence-electron chi connectivity index (χ3n) is 0. The summed E-state index contributed by atoms with van der Waals surface area (Å²) in [6.07, 6.45) is 0. The van der Waals surface area contributed by atoms with Crippen LogP contribution < -0.4 is 0 Å². The Hall–Kier alpha value is 0.437. The second kappa shape index (κ2) is 9.06. The second-order valence-electron chi connectivity index (χ2n) is 0.346. The Kier molecular flexibility index (Phi) is 24.3. The van der Waals surface area contributed by atoms with Crippen LogP contribution >= 0.6 is 0 Å². The number of hydrogen-bond acceptors (Lipinski definition) is 3. The van der Waals surface area contributed by atoms with Crippen LogP contribution in [0.4, 0.5) is 0 Å². The molecule has 3 N–H and O–H groups in total. The van der Waals surface area contributed by atoms with Gasteiger partial charge in [0.15, 0.2) is 0 Å². The van der Waals surface area contributed by atoms with Crippen LogP contribution in [-0.4, -0.2) is 39.8 Å². The molecule has 0 aliphatic rings. The summed E-state index contributed by atoms with van der Waals surface area (Å²) in [6, 6.07) is 0. The molecular formula is H3AlBO4+. The average Bonchev–Trinajstić information content (AvgIpc) is 0.811. The molecule has 0 aromatic rings. The predicted octanol–water partition coefficient (Wildman–Crippen LogP) is -2.55. The normalized spacial score (nSPS) is 4.50. The smallest absolute Gasteiger partial charge is 2.00 e. The fourth-order valence-electron chi connectivity index (χ4n) is 0. The van der Waals surface area contributed by atoms with Crippen molar-refractivity contribution in [2.75, 3.05) is 0 Å². The van der Waals surface area contributed by atoms with Gasteiger partial charge >= 0.3 is 24.7 Å². The fraction of sp³-hybridized carbons (Fsp3) is 0. The molecule has 6 heteroatoms. The van der Waals surface area contributed by atoms with E-state index >= 15 is 0 Å². The standard InChI is InChI=1S/Al.BH3O3.O/c;2-1(3)4;/h;2-4H;/q+3;;-2. The first-order valence-corrected chi connectivity index (χ1v) is 0.775. The van der Waals surface area contributed by atoms with Gasteiger partial charge in [-0.05, 0) is 0 Å². The third kappa shape index (κ3) is 274. The summed E-state index contributed by atoms with van der Waals surface area (Å²) in [7, 11) is -2.17. The molecule has 0 rings (SSSR count). The zero-order valence-corrected chi connectivity index (χ0v) is 4.06. The quantitative estimate of drug-likeness (QED) is 0.296. The molecule has 0 heterocycles. The molecule has 6 heavy (non-hydrogen) atoms. The monoisotopic (exact) mass is 105 g/mol. The van der Waals surface area contributed by atoms with Crippen molar-refractivity contribution < 1.29 is 20.5 Å². The minimum Gasteiger partial charge on any atom is -2.00 e. The molecule has 0 radical (unpaired) electrons. The van der Waals surface area contributed by atoms with Gasteiger partial charge in [0.2, 0.25) is 0 Å². The molecule has 0 saturated heterocycles. The second-order valence-corrected chi connectivity index (χ2v) is 0.346. The molecule has 0 fully saturated rings. The van der Waals surface area contributed by atoms with Gasteiger partial charge in [-0.3, -0.25) is 0 Å². The van der Waals surface area contributed by atoms with E-state index in [2.05, 4.69) is 0 Å². The SMILES string of the molecule is OB(O)O.[Al+3].[O-2]. The van der Waals surface area contributed by atoms with E-state index in [9.17, 15) is 0 Å². The van der Waals surface area contributed by atoms with Crippen LogP contribution in [0.15, 0.2) is 0 Å². The van der Waals surface area contributed by atoms with Gasteiger partial charge in [0, 0.05) is 0 Å². The van der Waals surface area contributed by atoms with Gasteiger partial charge in [-0.1, -0.05) is 0 Å². The van der Waals surface area contributed by atoms with Crippen LogP contribution in [0.1, 0.15) is 0 Å². The van der Waals surface area contributed by atoms with E-state index in [1.54, 1.807) is 0 Å². The Morgan fingerprint density at radius 2 is 1.00 bits per heavy atom. The topological polar surface area (TPSA) is 89.2 Å². The summed E-state index contributed by atoms with van der Waals surface area (Å²) in [6.45, 7) is 0. The molecule has 4 nitrogen and oxygen atoms in total. The van der Waals surface area contributed by atoms with Crippen LogP contribution in [-0.2, 0) is 5.48 Å². The maximum Gasteiger partial charge on any atom is 3.00 e. The zero-order valence-electron chi connectivity index (χ0n) is 2.90. The predicted molar refractivity (Wildman–Crippen MR) is 18.9 cm³/mol. The van der Waals surface area contributed by atoms with E-state index < -0.39 is 7.32 Å². The average molecular weight is 105 g/mol. The maximum atomic E-state index is 7.17. The molecule has 0 spiro atoms. The summed E-state index contributed by atoms with van der Waals surface area (Å²) in [5.41, 5.74) is 0. The molecule has 0 bridgehead atoms. The molecule has 0 atom stereocenters. The Labute approximate surface area is 46.0 Å². The molecule has 0 aliphatic carbocycles. The van der Waals surface area contributed by atoms with Crippen molar-refractivity contribution in [3.63, 3.8) is 0 Å². The number of rotatable bonds is 0. The Bertz CT molecular complexity index is 12.3. The van der Waals surface area contributed by atoms with Crippen molar-refractivity contribution in [1.82, 2.24) is 0 Å². The van der Waals surface area contributed by atoms with Gasteiger partial charge < -0.3 is 20.5 Å². The van der Waals surface area contributed by atoms with Crippen molar-refractivity contribution >= 4 is 24.7 Å². The van der Waals surface area contributed by atoms with Crippen LogP contribution in [0.5, 0.6) is 0 Å². The summed E-state index contributed by atoms with van der Waals surface area (Å²) >= 11 is 0. The molecule has 0 amide bonds. The first-order valence-electron chi connectivity index (χ1n) is 0.775. The van der Waals surface area contributed by atoms with Crippen LogP contribution in [0, 0.1) is 0 Å². The van der Waals surface area contributed by atoms with E-state index in [0.29, 0.717) is 0 Å². The van der Waals surface area contributed by atoms with E-state index in [-0.39, 0.29) is 22.8 Å². The van der Waals surface area contributed by atoms with Gasteiger partial charge in [0.1, 0.15) is 0 Å². The molecule has 0 aromatic carbocycles. The van der Waals surface area contributed by atoms with E-state index in [1.165, 1.54) is 0 Å². The molecule has 0 aromatic heterocycles. The Balaban J connectivity index is -0.0000000450. The number of hydrogen-bond donors (Lipinski definition) is 3. The van der Waals surface area contributed by atoms with Gasteiger partial charge in [-0.15, -0.1) is 0 Å². The first kappa shape index (κ1) is 16.1. The third-order valence-corrected chi connectivity index (χ3v) is 0. The first-order chi connectivity index (χ1) is 1.73. The van der Waals surface area contributed by atoms with Crippen LogP contribution in [0.3, 0.4) is 0 Å². The van der Waals surface area contributed by atoms with E-state index in [0.717, 1.165) is 0 Å². The van der Waals surface area contributed by atoms with Crippen molar-refractivity contribution in [1.29, 1.82) is 0 Å². The summed E-state index contributed by atoms with van der Waals surface area (Å²) in [4.78, 5) is 0. The zero-order chi connectivity index (χ0) is 3.58. The van der Waals surface area contributed by atoms with Crippen molar-refractivity contribution in [3.8, 4) is 0 Å². The van der Waals surface area contributed by atoms with E-state index in [1.807, 2.05) is 0 Å². The van der Waals surface area contributed by atoms with Gasteiger partial charge in [-0.2, -0.15) is 0 Å². The Morgan fingerprint density at radius 1 is 1.00 bits per heavy atom. The van der Waals surface area contributed by atoms with Gasteiger partial charge in [-0.25, -0.2) is 0 Å². The molecule has 32 valence electrons. The van der Waals surface area contributed by atoms with Crippen molar-refractivity contribution in [3.05, 3.63) is 0 Å². The largest absolute Gasteiger partial charge is 3.00 e. The van der Waals surface area contributed by atoms with Crippen LogP contribution in [0.2, 0.25) is 0 Å². The Morgan fingerprint density at radius 3 is 1.00 bits per heavy atom.